The summed E-state index contributed by atoms with van der Waals surface area (Å²) in [7, 11) is 0. The monoisotopic (exact) mass is 326 g/mol. The molecule has 1 nitrogen and oxygen atoms in total. The largest absolute Gasteiger partial charge is 0.393 e. The van der Waals surface area contributed by atoms with Crippen LogP contribution in [0.3, 0.4) is 0 Å². The fourth-order valence-electron chi connectivity index (χ4n) is 1.93. The predicted octanol–water partition coefficient (Wildman–Crippen LogP) is 4.41. The summed E-state index contributed by atoms with van der Waals surface area (Å²) >= 11 is 2.38. The quantitative estimate of drug-likeness (QED) is 0.517. The summed E-state index contributed by atoms with van der Waals surface area (Å²) in [6.45, 7) is 8.98. The normalized spacial score (nSPS) is 17.8. The van der Waals surface area contributed by atoms with Gasteiger partial charge in [0.25, 0.3) is 0 Å². The minimum atomic E-state index is -0.0917. The van der Waals surface area contributed by atoms with Crippen molar-refractivity contribution in [1.82, 2.24) is 0 Å². The summed E-state index contributed by atoms with van der Waals surface area (Å²) in [6.07, 6.45) is 5.73. The van der Waals surface area contributed by atoms with Crippen molar-refractivity contribution in [3.05, 3.63) is 0 Å². The first kappa shape index (κ1) is 15.7. The Morgan fingerprint density at radius 1 is 1.00 bits per heavy atom. The average Bonchev–Trinajstić information content (AvgIpc) is 2.00. The van der Waals surface area contributed by atoms with Crippen molar-refractivity contribution >= 4 is 22.6 Å². The zero-order chi connectivity index (χ0) is 11.8. The van der Waals surface area contributed by atoms with E-state index in [0.29, 0.717) is 9.84 Å². The molecular weight excluding hydrogens is 299 g/mol. The first-order chi connectivity index (χ1) is 6.91. The zero-order valence-electron chi connectivity index (χ0n) is 10.7. The van der Waals surface area contributed by atoms with Crippen LogP contribution in [-0.4, -0.2) is 15.1 Å². The molecule has 0 radical (unpaired) electrons. The number of rotatable bonds is 8. The third-order valence-corrected chi connectivity index (χ3v) is 3.26. The van der Waals surface area contributed by atoms with Crippen LogP contribution >= 0.6 is 22.6 Å². The summed E-state index contributed by atoms with van der Waals surface area (Å²) in [4.78, 5) is 0. The lowest BCUT2D eigenvalue weighted by molar-refractivity contribution is 0.135. The van der Waals surface area contributed by atoms with Crippen molar-refractivity contribution in [2.24, 2.45) is 11.8 Å². The summed E-state index contributed by atoms with van der Waals surface area (Å²) < 4.78 is 0.584. The van der Waals surface area contributed by atoms with Gasteiger partial charge in [-0.3, -0.25) is 0 Å². The standard InChI is InChI=1S/C13H27IO/c1-10(2)6-5-7-11(3)8-13(15)9-12(4)14/h10-13,15H,5-9H2,1-4H3/t11-,12-,13-/m1/s1. The van der Waals surface area contributed by atoms with Crippen LogP contribution < -0.4 is 0 Å². The van der Waals surface area contributed by atoms with Crippen LogP contribution in [0.25, 0.3) is 0 Å². The molecule has 0 heterocycles. The fraction of sp³-hybridized carbons (Fsp3) is 1.00. The molecule has 0 bridgehead atoms. The molecule has 0 aromatic heterocycles. The van der Waals surface area contributed by atoms with E-state index in [9.17, 15) is 5.11 Å². The highest BCUT2D eigenvalue weighted by atomic mass is 127. The van der Waals surface area contributed by atoms with Crippen molar-refractivity contribution < 1.29 is 5.11 Å². The van der Waals surface area contributed by atoms with E-state index >= 15 is 0 Å². The summed E-state index contributed by atoms with van der Waals surface area (Å²) in [5, 5.41) is 9.79. The number of alkyl halides is 1. The van der Waals surface area contributed by atoms with Crippen LogP contribution in [0.15, 0.2) is 0 Å². The SMILES string of the molecule is CC(C)CCC[C@@H](C)C[C@@H](O)C[C@@H](C)I. The Hall–Kier alpha value is 0.690. The Labute approximate surface area is 109 Å². The maximum atomic E-state index is 9.79. The van der Waals surface area contributed by atoms with Crippen molar-refractivity contribution in [1.29, 1.82) is 0 Å². The van der Waals surface area contributed by atoms with E-state index in [1.54, 1.807) is 0 Å². The predicted molar refractivity (Wildman–Crippen MR) is 76.6 cm³/mol. The smallest absolute Gasteiger partial charge is 0.0552 e. The minimum Gasteiger partial charge on any atom is -0.393 e. The molecule has 0 amide bonds. The van der Waals surface area contributed by atoms with Crippen molar-refractivity contribution in [3.8, 4) is 0 Å². The lowest BCUT2D eigenvalue weighted by Crippen LogP contribution is -2.15. The van der Waals surface area contributed by atoms with Gasteiger partial charge in [0.05, 0.1) is 6.10 Å². The van der Waals surface area contributed by atoms with Gasteiger partial charge >= 0.3 is 0 Å². The third kappa shape index (κ3) is 11.0. The molecule has 0 fully saturated rings. The Bertz CT molecular complexity index is 145. The second kappa shape index (κ2) is 8.80. The highest BCUT2D eigenvalue weighted by Crippen LogP contribution is 2.19. The molecule has 0 saturated carbocycles. The van der Waals surface area contributed by atoms with Gasteiger partial charge < -0.3 is 5.11 Å². The van der Waals surface area contributed by atoms with Gasteiger partial charge in [0.2, 0.25) is 0 Å². The molecule has 0 rings (SSSR count). The van der Waals surface area contributed by atoms with Gasteiger partial charge in [0, 0.05) is 3.92 Å². The topological polar surface area (TPSA) is 20.2 Å². The molecule has 0 saturated heterocycles. The highest BCUT2D eigenvalue weighted by Gasteiger charge is 2.12. The summed E-state index contributed by atoms with van der Waals surface area (Å²) in [6, 6.07) is 0. The van der Waals surface area contributed by atoms with Crippen molar-refractivity contribution in [2.75, 3.05) is 0 Å². The minimum absolute atomic E-state index is 0.0917. The van der Waals surface area contributed by atoms with E-state index in [-0.39, 0.29) is 6.10 Å². The lowest BCUT2D eigenvalue weighted by atomic mass is 9.94. The van der Waals surface area contributed by atoms with E-state index in [2.05, 4.69) is 50.3 Å². The Balaban J connectivity index is 3.50. The molecule has 15 heavy (non-hydrogen) atoms. The van der Waals surface area contributed by atoms with Crippen LogP contribution in [-0.2, 0) is 0 Å². The molecular formula is C13H27IO. The van der Waals surface area contributed by atoms with Crippen LogP contribution in [0.4, 0.5) is 0 Å². The molecule has 0 aliphatic carbocycles. The molecule has 0 aromatic carbocycles. The zero-order valence-corrected chi connectivity index (χ0v) is 12.8. The van der Waals surface area contributed by atoms with E-state index in [1.807, 2.05) is 0 Å². The number of hydrogen-bond donors (Lipinski definition) is 1. The summed E-state index contributed by atoms with van der Waals surface area (Å²) in [5.74, 6) is 1.49. The van der Waals surface area contributed by atoms with Crippen LogP contribution in [0.2, 0.25) is 0 Å². The van der Waals surface area contributed by atoms with E-state index in [1.165, 1.54) is 19.3 Å². The maximum absolute atomic E-state index is 9.79. The third-order valence-electron chi connectivity index (χ3n) is 2.75. The molecule has 0 spiro atoms. The molecule has 0 aromatic rings. The van der Waals surface area contributed by atoms with E-state index < -0.39 is 0 Å². The fourth-order valence-corrected chi connectivity index (χ4v) is 2.52. The van der Waals surface area contributed by atoms with E-state index in [4.69, 9.17) is 0 Å². The van der Waals surface area contributed by atoms with Gasteiger partial charge in [0.15, 0.2) is 0 Å². The molecule has 92 valence electrons. The van der Waals surface area contributed by atoms with Crippen LogP contribution in [0.5, 0.6) is 0 Å². The van der Waals surface area contributed by atoms with Gasteiger partial charge in [-0.15, -0.1) is 0 Å². The maximum Gasteiger partial charge on any atom is 0.0552 e. The Morgan fingerprint density at radius 2 is 1.60 bits per heavy atom. The molecule has 0 unspecified atom stereocenters. The van der Waals surface area contributed by atoms with Gasteiger partial charge in [-0.25, -0.2) is 0 Å². The summed E-state index contributed by atoms with van der Waals surface area (Å²) in [5.41, 5.74) is 0. The lowest BCUT2D eigenvalue weighted by Gasteiger charge is -2.17. The van der Waals surface area contributed by atoms with Gasteiger partial charge in [-0.2, -0.15) is 0 Å². The van der Waals surface area contributed by atoms with Crippen LogP contribution in [0, 0.1) is 11.8 Å². The number of halogens is 1. The second-order valence-corrected chi connectivity index (χ2v) is 7.46. The Morgan fingerprint density at radius 3 is 2.07 bits per heavy atom. The van der Waals surface area contributed by atoms with Crippen molar-refractivity contribution in [3.63, 3.8) is 0 Å². The molecule has 0 aliphatic rings. The molecule has 1 N–H and O–H groups in total. The first-order valence-electron chi connectivity index (χ1n) is 6.24. The van der Waals surface area contributed by atoms with Crippen LogP contribution in [0.1, 0.15) is 59.8 Å². The number of hydrogen-bond acceptors (Lipinski definition) is 1. The average molecular weight is 326 g/mol. The second-order valence-electron chi connectivity index (χ2n) is 5.34. The first-order valence-corrected chi connectivity index (χ1v) is 7.48. The van der Waals surface area contributed by atoms with E-state index in [0.717, 1.165) is 18.8 Å². The molecule has 0 aliphatic heterocycles. The number of aliphatic hydroxyl groups is 1. The molecule has 2 heteroatoms. The number of aliphatic hydroxyl groups excluding tert-OH is 1. The van der Waals surface area contributed by atoms with Gasteiger partial charge in [-0.05, 0) is 24.7 Å². The van der Waals surface area contributed by atoms with Gasteiger partial charge in [-0.1, -0.05) is 69.5 Å². The van der Waals surface area contributed by atoms with Gasteiger partial charge in [0.1, 0.15) is 0 Å². The van der Waals surface area contributed by atoms with Crippen molar-refractivity contribution in [2.45, 2.75) is 69.8 Å². The molecule has 3 atom stereocenters. The highest BCUT2D eigenvalue weighted by molar-refractivity contribution is 14.1. The Kier molecular flexibility index (Phi) is 9.20.